The number of nitrogens with zero attached hydrogens (tertiary/aromatic N) is 4. The van der Waals surface area contributed by atoms with Gasteiger partial charge in [-0.2, -0.15) is 0 Å². The summed E-state index contributed by atoms with van der Waals surface area (Å²) in [6.45, 7) is 1.81. The van der Waals surface area contributed by atoms with Gasteiger partial charge in [-0.05, 0) is 19.1 Å². The zero-order valence-corrected chi connectivity index (χ0v) is 18.1. The van der Waals surface area contributed by atoms with Gasteiger partial charge in [-0.3, -0.25) is 9.78 Å². The molecule has 0 amide bonds. The number of aryl methyl sites for hydroxylation is 1. The molecular formula is C22H17ClN6O3. The summed E-state index contributed by atoms with van der Waals surface area (Å²) in [4.78, 5) is 36.6. The minimum absolute atomic E-state index is 0.287. The Hall–Kier alpha value is -3.98. The van der Waals surface area contributed by atoms with Gasteiger partial charge < -0.3 is 19.4 Å². The highest BCUT2D eigenvalue weighted by atomic mass is 35.5. The third-order valence-electron chi connectivity index (χ3n) is 5.16. The molecule has 0 saturated heterocycles. The number of aromatic nitrogens is 6. The van der Waals surface area contributed by atoms with Gasteiger partial charge in [0.15, 0.2) is 0 Å². The van der Waals surface area contributed by atoms with Gasteiger partial charge in [0.05, 0.1) is 47.8 Å². The Bertz CT molecular complexity index is 1560. The number of methoxy groups -OCH3 is 2. The van der Waals surface area contributed by atoms with E-state index < -0.39 is 0 Å². The van der Waals surface area contributed by atoms with Gasteiger partial charge in [-0.25, -0.2) is 15.0 Å². The Balaban J connectivity index is 1.75. The van der Waals surface area contributed by atoms with Crippen molar-refractivity contribution in [2.75, 3.05) is 14.2 Å². The van der Waals surface area contributed by atoms with Crippen LogP contribution >= 0.6 is 11.6 Å². The van der Waals surface area contributed by atoms with Crippen LogP contribution in [0.3, 0.4) is 0 Å². The first kappa shape index (κ1) is 20.0. The Kier molecular flexibility index (Phi) is 4.75. The van der Waals surface area contributed by atoms with E-state index in [0.717, 1.165) is 0 Å². The van der Waals surface area contributed by atoms with E-state index in [9.17, 15) is 4.79 Å². The molecule has 0 aliphatic carbocycles. The Morgan fingerprint density at radius 3 is 2.59 bits per heavy atom. The van der Waals surface area contributed by atoms with Crippen LogP contribution in [-0.4, -0.2) is 44.1 Å². The molecule has 0 fully saturated rings. The van der Waals surface area contributed by atoms with E-state index in [1.807, 2.05) is 6.92 Å². The van der Waals surface area contributed by atoms with Crippen LogP contribution in [0.5, 0.6) is 11.6 Å². The number of rotatable bonds is 4. The molecule has 0 saturated carbocycles. The number of ether oxygens (including phenoxy) is 2. The van der Waals surface area contributed by atoms with E-state index in [4.69, 9.17) is 21.1 Å². The molecule has 0 radical (unpaired) electrons. The molecule has 32 heavy (non-hydrogen) atoms. The van der Waals surface area contributed by atoms with Gasteiger partial charge in [-0.15, -0.1) is 0 Å². The lowest BCUT2D eigenvalue weighted by molar-refractivity contribution is 0.383. The van der Waals surface area contributed by atoms with E-state index in [1.54, 1.807) is 43.8 Å². The van der Waals surface area contributed by atoms with Crippen LogP contribution in [0.2, 0.25) is 5.15 Å². The van der Waals surface area contributed by atoms with E-state index in [0.29, 0.717) is 67.1 Å². The molecule has 5 heterocycles. The Morgan fingerprint density at radius 1 is 0.969 bits per heavy atom. The maximum absolute atomic E-state index is 12.9. The first-order valence-corrected chi connectivity index (χ1v) is 10.00. The third-order valence-corrected chi connectivity index (χ3v) is 5.36. The highest BCUT2D eigenvalue weighted by Gasteiger charge is 2.17. The van der Waals surface area contributed by atoms with Gasteiger partial charge >= 0.3 is 0 Å². The minimum Gasteiger partial charge on any atom is -0.496 e. The van der Waals surface area contributed by atoms with E-state index in [-0.39, 0.29) is 5.56 Å². The molecule has 0 unspecified atom stereocenters. The lowest BCUT2D eigenvalue weighted by Gasteiger charge is -2.11. The second-order valence-corrected chi connectivity index (χ2v) is 7.46. The summed E-state index contributed by atoms with van der Waals surface area (Å²) in [7, 11) is 3.10. The van der Waals surface area contributed by atoms with Crippen LogP contribution in [-0.2, 0) is 0 Å². The van der Waals surface area contributed by atoms with Gasteiger partial charge in [-0.1, -0.05) is 11.6 Å². The summed E-state index contributed by atoms with van der Waals surface area (Å²) in [5, 5.41) is 1.06. The standard InChI is InChI=1S/C22H17ClN6O3/c1-10-19-15(7-17(23)26-10)27-21(29-19)12-6-11-14(28-22(12)30)4-5-24-20(11)13-9-25-18(32-3)8-16(13)31-2/h4-9H,1-3H3,(H,27,29)(H,28,30). The molecule has 0 bridgehead atoms. The number of H-pyrrole nitrogens is 2. The van der Waals surface area contributed by atoms with Crippen LogP contribution in [0.25, 0.3) is 44.6 Å². The van der Waals surface area contributed by atoms with E-state index in [2.05, 4.69) is 29.9 Å². The second kappa shape index (κ2) is 7.61. The number of hydrogen-bond acceptors (Lipinski definition) is 7. The van der Waals surface area contributed by atoms with Crippen molar-refractivity contribution in [2.45, 2.75) is 6.92 Å². The summed E-state index contributed by atoms with van der Waals surface area (Å²) < 4.78 is 10.7. The van der Waals surface area contributed by atoms with Crippen LogP contribution in [0.1, 0.15) is 5.69 Å². The number of pyridine rings is 4. The Morgan fingerprint density at radius 2 is 1.81 bits per heavy atom. The number of aromatic amines is 2. The topological polar surface area (TPSA) is 119 Å². The van der Waals surface area contributed by atoms with Crippen molar-refractivity contribution in [3.63, 3.8) is 0 Å². The van der Waals surface area contributed by atoms with Crippen molar-refractivity contribution < 1.29 is 9.47 Å². The van der Waals surface area contributed by atoms with E-state index >= 15 is 0 Å². The zero-order valence-electron chi connectivity index (χ0n) is 17.4. The number of fused-ring (bicyclic) bond motifs is 2. The van der Waals surface area contributed by atoms with Crippen LogP contribution in [0.15, 0.2) is 41.5 Å². The normalized spacial score (nSPS) is 11.2. The Labute approximate surface area is 186 Å². The second-order valence-electron chi connectivity index (χ2n) is 7.07. The first-order chi connectivity index (χ1) is 15.5. The van der Waals surface area contributed by atoms with Crippen LogP contribution in [0, 0.1) is 6.92 Å². The molecule has 0 spiro atoms. The summed E-state index contributed by atoms with van der Waals surface area (Å²) >= 11 is 6.07. The van der Waals surface area contributed by atoms with Crippen LogP contribution < -0.4 is 15.0 Å². The summed E-state index contributed by atoms with van der Waals surface area (Å²) in [6, 6.07) is 6.85. The lowest BCUT2D eigenvalue weighted by Crippen LogP contribution is -2.10. The molecule has 10 heteroatoms. The molecule has 5 rings (SSSR count). The molecule has 9 nitrogen and oxygen atoms in total. The van der Waals surface area contributed by atoms with Crippen molar-refractivity contribution >= 4 is 33.5 Å². The lowest BCUT2D eigenvalue weighted by atomic mass is 10.1. The van der Waals surface area contributed by atoms with Crippen molar-refractivity contribution in [3.05, 3.63) is 57.9 Å². The zero-order chi connectivity index (χ0) is 22.4. The fourth-order valence-corrected chi connectivity index (χ4v) is 3.89. The molecule has 160 valence electrons. The molecule has 0 aliphatic heterocycles. The van der Waals surface area contributed by atoms with Gasteiger partial charge in [0.1, 0.15) is 22.2 Å². The fraction of sp³-hybridized carbons (Fsp3) is 0.136. The predicted molar refractivity (Wildman–Crippen MR) is 121 cm³/mol. The number of nitrogens with one attached hydrogen (secondary N) is 2. The third kappa shape index (κ3) is 3.23. The quantitative estimate of drug-likeness (QED) is 0.400. The van der Waals surface area contributed by atoms with Crippen molar-refractivity contribution in [3.8, 4) is 34.3 Å². The maximum Gasteiger partial charge on any atom is 0.259 e. The summed E-state index contributed by atoms with van der Waals surface area (Å²) in [5.74, 6) is 1.37. The maximum atomic E-state index is 12.9. The number of imidazole rings is 1. The monoisotopic (exact) mass is 448 g/mol. The van der Waals surface area contributed by atoms with Crippen molar-refractivity contribution in [1.29, 1.82) is 0 Å². The van der Waals surface area contributed by atoms with Crippen molar-refractivity contribution in [2.24, 2.45) is 0 Å². The number of hydrogen-bond donors (Lipinski definition) is 2. The van der Waals surface area contributed by atoms with Gasteiger partial charge in [0, 0.05) is 29.9 Å². The molecule has 0 atom stereocenters. The van der Waals surface area contributed by atoms with Crippen molar-refractivity contribution in [1.82, 2.24) is 29.9 Å². The highest BCUT2D eigenvalue weighted by molar-refractivity contribution is 6.30. The molecule has 5 aromatic heterocycles. The number of halogens is 1. The smallest absolute Gasteiger partial charge is 0.259 e. The average molecular weight is 449 g/mol. The molecule has 2 N–H and O–H groups in total. The predicted octanol–water partition coefficient (Wildman–Crippen LogP) is 3.90. The molecule has 5 aromatic rings. The highest BCUT2D eigenvalue weighted by Crippen LogP contribution is 2.35. The van der Waals surface area contributed by atoms with Gasteiger partial charge in [0.25, 0.3) is 5.56 Å². The SMILES string of the molecule is COc1cc(OC)c(-c2nccc3[nH]c(=O)c(-c4nc5c(C)nc(Cl)cc5[nH]4)cc23)cn1. The largest absolute Gasteiger partial charge is 0.496 e. The first-order valence-electron chi connectivity index (χ1n) is 9.62. The van der Waals surface area contributed by atoms with E-state index in [1.165, 1.54) is 7.11 Å². The fourth-order valence-electron chi connectivity index (χ4n) is 3.65. The molecular weight excluding hydrogens is 432 g/mol. The minimum atomic E-state index is -0.287. The summed E-state index contributed by atoms with van der Waals surface area (Å²) in [5.41, 5.74) is 3.98. The van der Waals surface area contributed by atoms with Gasteiger partial charge in [0.2, 0.25) is 5.88 Å². The molecule has 0 aliphatic rings. The average Bonchev–Trinajstić information content (AvgIpc) is 3.21. The summed E-state index contributed by atoms with van der Waals surface area (Å²) in [6.07, 6.45) is 3.25. The van der Waals surface area contributed by atoms with Crippen LogP contribution in [0.4, 0.5) is 0 Å². The molecule has 0 aromatic carbocycles.